The van der Waals surface area contributed by atoms with Gasteiger partial charge in [-0.3, -0.25) is 4.79 Å². The lowest BCUT2D eigenvalue weighted by atomic mass is 10.2. The Hall–Kier alpha value is -2.70. The summed E-state index contributed by atoms with van der Waals surface area (Å²) in [6.45, 7) is 1.88. The van der Waals surface area contributed by atoms with Gasteiger partial charge in [0.1, 0.15) is 11.4 Å². The van der Waals surface area contributed by atoms with E-state index in [-0.39, 0.29) is 12.2 Å². The highest BCUT2D eigenvalue weighted by Gasteiger charge is 2.12. The zero-order chi connectivity index (χ0) is 15.2. The minimum Gasteiger partial charge on any atom is -0.481 e. The molecule has 0 amide bonds. The van der Waals surface area contributed by atoms with Crippen LogP contribution in [-0.2, 0) is 11.2 Å². The molecule has 2 rings (SSSR count). The van der Waals surface area contributed by atoms with Crippen LogP contribution in [0.3, 0.4) is 0 Å². The first-order valence-electron chi connectivity index (χ1n) is 6.38. The predicted octanol–water partition coefficient (Wildman–Crippen LogP) is 0.941. The van der Waals surface area contributed by atoms with Crippen molar-refractivity contribution in [2.45, 2.75) is 13.3 Å². The number of rotatable bonds is 5. The van der Waals surface area contributed by atoms with Gasteiger partial charge in [0.05, 0.1) is 13.7 Å². The standard InChI is InChI=1S/C14H15N3O4/c1-3-21-14(19)10-8-15-11(17-13(10)18)6-9-4-5-12(20-2)16-7-9/h4-5,7-8H,3,6H2,1-2H3,(H,15,17,18). The lowest BCUT2D eigenvalue weighted by molar-refractivity contribution is 0.0523. The second-order valence-corrected chi connectivity index (χ2v) is 4.18. The van der Waals surface area contributed by atoms with Crippen LogP contribution in [0.15, 0.2) is 29.3 Å². The highest BCUT2D eigenvalue weighted by molar-refractivity contribution is 5.88. The molecule has 0 saturated carbocycles. The molecule has 2 aromatic rings. The SMILES string of the molecule is CCOC(=O)c1cnc(Cc2ccc(OC)nc2)[nH]c1=O. The first-order valence-corrected chi connectivity index (χ1v) is 6.38. The van der Waals surface area contributed by atoms with E-state index in [1.54, 1.807) is 19.2 Å². The zero-order valence-electron chi connectivity index (χ0n) is 11.8. The van der Waals surface area contributed by atoms with E-state index < -0.39 is 11.5 Å². The monoisotopic (exact) mass is 289 g/mol. The number of pyridine rings is 1. The second kappa shape index (κ2) is 6.65. The number of carbonyl (C=O) groups excluding carboxylic acids is 1. The van der Waals surface area contributed by atoms with Gasteiger partial charge in [-0.1, -0.05) is 6.07 Å². The van der Waals surface area contributed by atoms with E-state index in [2.05, 4.69) is 15.0 Å². The summed E-state index contributed by atoms with van der Waals surface area (Å²) >= 11 is 0. The summed E-state index contributed by atoms with van der Waals surface area (Å²) in [7, 11) is 1.54. The van der Waals surface area contributed by atoms with Crippen LogP contribution in [0.1, 0.15) is 28.7 Å². The molecule has 0 radical (unpaired) electrons. The molecule has 21 heavy (non-hydrogen) atoms. The average Bonchev–Trinajstić information content (AvgIpc) is 2.48. The number of hydrogen-bond donors (Lipinski definition) is 1. The number of nitrogens with zero attached hydrogens (tertiary/aromatic N) is 2. The molecule has 0 aliphatic carbocycles. The molecule has 110 valence electrons. The van der Waals surface area contributed by atoms with Crippen molar-refractivity contribution in [3.05, 3.63) is 51.8 Å². The lowest BCUT2D eigenvalue weighted by Gasteiger charge is -2.04. The number of carbonyl (C=O) groups is 1. The normalized spacial score (nSPS) is 10.2. The topological polar surface area (TPSA) is 94.2 Å². The molecular formula is C14H15N3O4. The third-order valence-corrected chi connectivity index (χ3v) is 2.73. The Kier molecular flexibility index (Phi) is 4.65. The first-order chi connectivity index (χ1) is 10.1. The molecule has 0 spiro atoms. The third kappa shape index (κ3) is 3.65. The maximum absolute atomic E-state index is 11.8. The number of esters is 1. The Morgan fingerprint density at radius 1 is 1.29 bits per heavy atom. The van der Waals surface area contributed by atoms with E-state index in [9.17, 15) is 9.59 Å². The van der Waals surface area contributed by atoms with Gasteiger partial charge in [-0.15, -0.1) is 0 Å². The van der Waals surface area contributed by atoms with E-state index in [0.29, 0.717) is 18.1 Å². The van der Waals surface area contributed by atoms with Gasteiger partial charge in [0.2, 0.25) is 5.88 Å². The number of aromatic amines is 1. The van der Waals surface area contributed by atoms with Crippen LogP contribution in [0.25, 0.3) is 0 Å². The maximum Gasteiger partial charge on any atom is 0.345 e. The van der Waals surface area contributed by atoms with E-state index in [0.717, 1.165) is 5.56 Å². The van der Waals surface area contributed by atoms with Crippen molar-refractivity contribution in [3.63, 3.8) is 0 Å². The molecular weight excluding hydrogens is 274 g/mol. The van der Waals surface area contributed by atoms with Crippen LogP contribution in [0, 0.1) is 0 Å². The number of ether oxygens (including phenoxy) is 2. The Bertz CT molecular complexity index is 679. The van der Waals surface area contributed by atoms with E-state index >= 15 is 0 Å². The summed E-state index contributed by atoms with van der Waals surface area (Å²) in [5.74, 6) is 0.279. The first kappa shape index (κ1) is 14.7. The van der Waals surface area contributed by atoms with Crippen molar-refractivity contribution in [3.8, 4) is 5.88 Å². The summed E-state index contributed by atoms with van der Waals surface area (Å²) in [5, 5.41) is 0. The molecule has 0 fully saturated rings. The Morgan fingerprint density at radius 3 is 2.67 bits per heavy atom. The zero-order valence-corrected chi connectivity index (χ0v) is 11.8. The number of aromatic nitrogens is 3. The third-order valence-electron chi connectivity index (χ3n) is 2.73. The van der Waals surface area contributed by atoms with Gasteiger partial charge in [0.25, 0.3) is 5.56 Å². The second-order valence-electron chi connectivity index (χ2n) is 4.18. The molecule has 1 N–H and O–H groups in total. The number of methoxy groups -OCH3 is 1. The van der Waals surface area contributed by atoms with Gasteiger partial charge in [-0.2, -0.15) is 0 Å². The summed E-state index contributed by atoms with van der Waals surface area (Å²) in [5.41, 5.74) is 0.246. The van der Waals surface area contributed by atoms with Crippen molar-refractivity contribution < 1.29 is 14.3 Å². The van der Waals surface area contributed by atoms with Crippen LogP contribution in [0.2, 0.25) is 0 Å². The van der Waals surface area contributed by atoms with Gasteiger partial charge in [0.15, 0.2) is 0 Å². The fourth-order valence-corrected chi connectivity index (χ4v) is 1.71. The quantitative estimate of drug-likeness (QED) is 0.823. The van der Waals surface area contributed by atoms with Gasteiger partial charge >= 0.3 is 5.97 Å². The van der Waals surface area contributed by atoms with Gasteiger partial charge in [-0.05, 0) is 12.5 Å². The smallest absolute Gasteiger partial charge is 0.345 e. The largest absolute Gasteiger partial charge is 0.481 e. The van der Waals surface area contributed by atoms with Crippen LogP contribution >= 0.6 is 0 Å². The molecule has 0 unspecified atom stereocenters. The van der Waals surface area contributed by atoms with Crippen LogP contribution in [0.4, 0.5) is 0 Å². The van der Waals surface area contributed by atoms with Crippen molar-refractivity contribution in [2.75, 3.05) is 13.7 Å². The molecule has 0 aliphatic heterocycles. The number of H-pyrrole nitrogens is 1. The van der Waals surface area contributed by atoms with E-state index in [4.69, 9.17) is 9.47 Å². The molecule has 0 saturated heterocycles. The summed E-state index contributed by atoms with van der Waals surface area (Å²) in [4.78, 5) is 34.0. The molecule has 0 bridgehead atoms. The summed E-state index contributed by atoms with van der Waals surface area (Å²) < 4.78 is 9.74. The van der Waals surface area contributed by atoms with Crippen molar-refractivity contribution in [1.29, 1.82) is 0 Å². The molecule has 0 aromatic carbocycles. The number of hydrogen-bond acceptors (Lipinski definition) is 6. The Morgan fingerprint density at radius 2 is 2.10 bits per heavy atom. The van der Waals surface area contributed by atoms with Crippen molar-refractivity contribution >= 4 is 5.97 Å². The fourth-order valence-electron chi connectivity index (χ4n) is 1.71. The molecule has 7 nitrogen and oxygen atoms in total. The Balaban J connectivity index is 2.16. The molecule has 7 heteroatoms. The summed E-state index contributed by atoms with van der Waals surface area (Å²) in [6.07, 6.45) is 3.26. The number of nitrogens with one attached hydrogen (secondary N) is 1. The maximum atomic E-state index is 11.8. The van der Waals surface area contributed by atoms with Crippen molar-refractivity contribution in [1.82, 2.24) is 15.0 Å². The molecule has 2 heterocycles. The van der Waals surface area contributed by atoms with Crippen LogP contribution in [0.5, 0.6) is 5.88 Å². The minimum atomic E-state index is -0.677. The van der Waals surface area contributed by atoms with E-state index in [1.807, 2.05) is 6.07 Å². The lowest BCUT2D eigenvalue weighted by Crippen LogP contribution is -2.22. The molecule has 0 atom stereocenters. The fraction of sp³-hybridized carbons (Fsp3) is 0.286. The van der Waals surface area contributed by atoms with Crippen LogP contribution in [-0.4, -0.2) is 34.6 Å². The minimum absolute atomic E-state index is 0.103. The Labute approximate surface area is 121 Å². The summed E-state index contributed by atoms with van der Waals surface area (Å²) in [6, 6.07) is 3.55. The van der Waals surface area contributed by atoms with E-state index in [1.165, 1.54) is 13.3 Å². The predicted molar refractivity (Wildman–Crippen MR) is 74.4 cm³/mol. The molecule has 0 aliphatic rings. The van der Waals surface area contributed by atoms with Crippen molar-refractivity contribution in [2.24, 2.45) is 0 Å². The average molecular weight is 289 g/mol. The molecule has 2 aromatic heterocycles. The van der Waals surface area contributed by atoms with Gasteiger partial charge < -0.3 is 14.5 Å². The van der Waals surface area contributed by atoms with Gasteiger partial charge in [-0.25, -0.2) is 14.8 Å². The highest BCUT2D eigenvalue weighted by Crippen LogP contribution is 2.09. The van der Waals surface area contributed by atoms with Gasteiger partial charge in [0, 0.05) is 24.9 Å². The highest BCUT2D eigenvalue weighted by atomic mass is 16.5. The van der Waals surface area contributed by atoms with Crippen LogP contribution < -0.4 is 10.3 Å².